The van der Waals surface area contributed by atoms with E-state index in [1.807, 2.05) is 0 Å². The van der Waals surface area contributed by atoms with E-state index in [2.05, 4.69) is 41.5 Å². The molecule has 2 aliphatic carbocycles. The van der Waals surface area contributed by atoms with Gasteiger partial charge in [-0.25, -0.2) is 0 Å². The number of aliphatic carboxylic acids is 2. The number of carboxylic acids is 2. The zero-order chi connectivity index (χ0) is 41.9. The van der Waals surface area contributed by atoms with Crippen LogP contribution in [0.2, 0.25) is 0 Å². The maximum Gasteiger partial charge on any atom is 0.303 e. The van der Waals surface area contributed by atoms with E-state index in [1.165, 1.54) is 0 Å². The number of Topliss-reactive ketones (excluding diaryl/α,β-unsaturated/α-hetero) is 3. The third-order valence-corrected chi connectivity index (χ3v) is 14.2. The number of hydrogen-bond donors (Lipinski definition) is 4. The Hall–Kier alpha value is -2.17. The fourth-order valence-corrected chi connectivity index (χ4v) is 9.67. The second-order valence-corrected chi connectivity index (χ2v) is 18.1. The van der Waals surface area contributed by atoms with E-state index in [0.29, 0.717) is 38.5 Å². The summed E-state index contributed by atoms with van der Waals surface area (Å²) >= 11 is 0. The smallest absolute Gasteiger partial charge is 0.303 e. The molecule has 2 saturated carbocycles. The van der Waals surface area contributed by atoms with Gasteiger partial charge in [0.25, 0.3) is 0 Å². The Labute approximate surface area is 338 Å². The minimum Gasteiger partial charge on any atom is -0.481 e. The van der Waals surface area contributed by atoms with Crippen molar-refractivity contribution in [2.75, 3.05) is 0 Å². The molecule has 0 bridgehead atoms. The molecule has 4 N–H and O–H groups in total. The lowest BCUT2D eigenvalue weighted by atomic mass is 9.70. The number of ether oxygens (including phenoxy) is 1. The second-order valence-electron chi connectivity index (χ2n) is 18.1. The topological polar surface area (TPSA) is 175 Å². The number of aliphatic hydroxyl groups is 2. The summed E-state index contributed by atoms with van der Waals surface area (Å²) in [5.41, 5.74) is -0.553. The Kier molecular flexibility index (Phi) is 22.0. The Bertz CT molecular complexity index is 1230. The molecule has 56 heavy (non-hydrogen) atoms. The summed E-state index contributed by atoms with van der Waals surface area (Å²) in [6.45, 7) is 12.7. The van der Waals surface area contributed by atoms with E-state index in [0.717, 1.165) is 109 Å². The number of carbonyl (C=O) groups excluding carboxylic acids is 3. The fourth-order valence-electron chi connectivity index (χ4n) is 9.67. The predicted octanol–water partition coefficient (Wildman–Crippen LogP) is 10.0. The minimum absolute atomic E-state index is 0.0533. The quantitative estimate of drug-likeness (QED) is 0.0586. The van der Waals surface area contributed by atoms with Gasteiger partial charge in [0.05, 0.1) is 12.2 Å². The van der Waals surface area contributed by atoms with Crippen LogP contribution in [0.25, 0.3) is 0 Å². The van der Waals surface area contributed by atoms with Crippen molar-refractivity contribution in [2.24, 2.45) is 34.5 Å². The molecule has 1 aliphatic heterocycles. The van der Waals surface area contributed by atoms with Crippen LogP contribution >= 0.6 is 0 Å². The van der Waals surface area contributed by atoms with Crippen molar-refractivity contribution in [3.8, 4) is 0 Å². The van der Waals surface area contributed by atoms with Crippen LogP contribution in [0.3, 0.4) is 0 Å². The molecule has 3 aliphatic rings. The largest absolute Gasteiger partial charge is 0.481 e. The van der Waals surface area contributed by atoms with Crippen molar-refractivity contribution >= 4 is 29.3 Å². The predicted molar refractivity (Wildman–Crippen MR) is 219 cm³/mol. The molecule has 0 aromatic rings. The summed E-state index contributed by atoms with van der Waals surface area (Å²) in [4.78, 5) is 58.9. The number of ketones is 3. The van der Waals surface area contributed by atoms with Crippen LogP contribution in [-0.2, 0) is 28.7 Å². The summed E-state index contributed by atoms with van der Waals surface area (Å²) < 4.78 is 6.29. The SMILES string of the molecule is CCCCC(C)(CC)C(=O)CC[C@H]1[C@H](O)CC(=O)[C@@H]1CCCCCCC(=O)O.CCCCC(C)(CC)C1(O)CC[C@H]2[C@@H](CC(=O)[C@@H]2CCCCCCC(=O)O)O1. The highest BCUT2D eigenvalue weighted by molar-refractivity contribution is 5.86. The van der Waals surface area contributed by atoms with Gasteiger partial charge in [-0.3, -0.25) is 24.0 Å². The third kappa shape index (κ3) is 14.9. The lowest BCUT2D eigenvalue weighted by molar-refractivity contribution is -0.320. The molecule has 0 amide bonds. The molecule has 0 radical (unpaired) electrons. The molecular formula is C46H80O10. The lowest BCUT2D eigenvalue weighted by Crippen LogP contribution is -2.54. The molecule has 0 aromatic heterocycles. The molecule has 10 heteroatoms. The third-order valence-electron chi connectivity index (χ3n) is 14.2. The lowest BCUT2D eigenvalue weighted by Gasteiger charge is -2.50. The first kappa shape index (κ1) is 50.0. The maximum absolute atomic E-state index is 12.8. The van der Waals surface area contributed by atoms with Crippen molar-refractivity contribution < 1.29 is 49.1 Å². The molecule has 0 spiro atoms. The van der Waals surface area contributed by atoms with Gasteiger partial charge in [0.15, 0.2) is 5.79 Å². The molecule has 324 valence electrons. The van der Waals surface area contributed by atoms with Gasteiger partial charge >= 0.3 is 11.9 Å². The Balaban J connectivity index is 0.000000387. The molecular weight excluding hydrogens is 712 g/mol. The molecule has 9 atom stereocenters. The first-order valence-electron chi connectivity index (χ1n) is 22.6. The van der Waals surface area contributed by atoms with Crippen molar-refractivity contribution in [1.82, 2.24) is 0 Å². The molecule has 0 aromatic carbocycles. The van der Waals surface area contributed by atoms with Gasteiger partial charge < -0.3 is 25.2 Å². The van der Waals surface area contributed by atoms with Crippen LogP contribution in [0, 0.1) is 34.5 Å². The van der Waals surface area contributed by atoms with E-state index in [-0.39, 0.29) is 77.2 Å². The monoisotopic (exact) mass is 793 g/mol. The van der Waals surface area contributed by atoms with Gasteiger partial charge in [-0.1, -0.05) is 106 Å². The number of aliphatic hydroxyl groups excluding tert-OH is 1. The normalized spacial score (nSPS) is 28.2. The molecule has 3 rings (SSSR count). The van der Waals surface area contributed by atoms with Crippen LogP contribution in [0.5, 0.6) is 0 Å². The van der Waals surface area contributed by atoms with Crippen LogP contribution in [0.4, 0.5) is 0 Å². The zero-order valence-electron chi connectivity index (χ0n) is 36.1. The van der Waals surface area contributed by atoms with Gasteiger partial charge in [-0.15, -0.1) is 0 Å². The average molecular weight is 793 g/mol. The Morgan fingerprint density at radius 2 is 1.23 bits per heavy atom. The summed E-state index contributed by atoms with van der Waals surface area (Å²) in [6, 6.07) is 0. The summed E-state index contributed by atoms with van der Waals surface area (Å²) in [7, 11) is 0. The fraction of sp³-hybridized carbons (Fsp3) is 0.891. The van der Waals surface area contributed by atoms with E-state index >= 15 is 0 Å². The van der Waals surface area contributed by atoms with E-state index in [9.17, 15) is 34.2 Å². The molecule has 1 heterocycles. The molecule has 10 nitrogen and oxygen atoms in total. The molecule has 3 unspecified atom stereocenters. The van der Waals surface area contributed by atoms with E-state index in [1.54, 1.807) is 0 Å². The first-order chi connectivity index (χ1) is 26.5. The van der Waals surface area contributed by atoms with Crippen molar-refractivity contribution in [3.05, 3.63) is 0 Å². The van der Waals surface area contributed by atoms with Gasteiger partial charge in [-0.2, -0.15) is 0 Å². The maximum atomic E-state index is 12.8. The standard InChI is InChI=1S/2C23H40O5/c1-4-6-14-22(3,5-2)23(27)15-13-18-17(19(24)16-20(18)28-23)11-9-7-8-10-12-21(25)26;1-4-6-15-23(3,5-2)21(26)14-13-18-17(19(24)16-20(18)25)11-9-7-8-10-12-22(27)28/h17-18,20,27H,4-16H2,1-3H3,(H,25,26);17-18,20,25H,4-16H2,1-3H3,(H,27,28)/t17-,18-,20-,22?,23?;17-,18-,20-,23?/m11/s1. The van der Waals surface area contributed by atoms with Gasteiger partial charge in [0, 0.05) is 61.2 Å². The van der Waals surface area contributed by atoms with Gasteiger partial charge in [0.2, 0.25) is 0 Å². The highest BCUT2D eigenvalue weighted by Gasteiger charge is 2.55. The molecule has 1 saturated heterocycles. The van der Waals surface area contributed by atoms with Crippen LogP contribution in [-0.4, -0.2) is 67.7 Å². The van der Waals surface area contributed by atoms with Crippen molar-refractivity contribution in [2.45, 2.75) is 226 Å². The minimum atomic E-state index is -1.12. The zero-order valence-corrected chi connectivity index (χ0v) is 36.1. The summed E-state index contributed by atoms with van der Waals surface area (Å²) in [5.74, 6) is -1.91. The highest BCUT2D eigenvalue weighted by atomic mass is 16.6. The van der Waals surface area contributed by atoms with Crippen LogP contribution < -0.4 is 0 Å². The Morgan fingerprint density at radius 1 is 0.696 bits per heavy atom. The number of fused-ring (bicyclic) bond motifs is 1. The van der Waals surface area contributed by atoms with E-state index < -0.39 is 23.8 Å². The number of rotatable bonds is 27. The number of carbonyl (C=O) groups is 5. The first-order valence-corrected chi connectivity index (χ1v) is 22.6. The Morgan fingerprint density at radius 3 is 1.77 bits per heavy atom. The van der Waals surface area contributed by atoms with Crippen molar-refractivity contribution in [3.63, 3.8) is 0 Å². The molecule has 3 fully saturated rings. The van der Waals surface area contributed by atoms with Crippen LogP contribution in [0.1, 0.15) is 208 Å². The number of hydrogen-bond acceptors (Lipinski definition) is 8. The summed E-state index contributed by atoms with van der Waals surface area (Å²) in [5, 5.41) is 39.1. The second kappa shape index (κ2) is 24.7. The summed E-state index contributed by atoms with van der Waals surface area (Å²) in [6.07, 6.45) is 19.1. The van der Waals surface area contributed by atoms with Gasteiger partial charge in [0.1, 0.15) is 17.3 Å². The number of unbranched alkanes of at least 4 members (excludes halogenated alkanes) is 8. The van der Waals surface area contributed by atoms with E-state index in [4.69, 9.17) is 14.9 Å². The van der Waals surface area contributed by atoms with Crippen molar-refractivity contribution in [1.29, 1.82) is 0 Å². The number of carboxylic acid groups (broad SMARTS) is 2. The average Bonchev–Trinajstić information content (AvgIpc) is 3.62. The van der Waals surface area contributed by atoms with Crippen LogP contribution in [0.15, 0.2) is 0 Å². The van der Waals surface area contributed by atoms with Gasteiger partial charge in [-0.05, 0) is 76.0 Å². The highest BCUT2D eigenvalue weighted by Crippen LogP contribution is 2.52.